The zero-order chi connectivity index (χ0) is 61.5. The van der Waals surface area contributed by atoms with Gasteiger partial charge >= 0.3 is 25.7 Å². The molecule has 0 amide bonds. The van der Waals surface area contributed by atoms with E-state index < -0.39 is 25.6 Å². The summed E-state index contributed by atoms with van der Waals surface area (Å²) in [6.07, 6.45) is 0. The lowest BCUT2D eigenvalue weighted by atomic mass is 9.77. The van der Waals surface area contributed by atoms with Gasteiger partial charge in [-0.2, -0.15) is 4.57 Å². The molecule has 6 aromatic rings. The highest BCUT2D eigenvalue weighted by Crippen LogP contribution is 2.57. The van der Waals surface area contributed by atoms with E-state index in [-0.39, 0.29) is 67.6 Å². The van der Waals surface area contributed by atoms with Crippen LogP contribution in [-0.4, -0.2) is 17.9 Å². The number of phosphoric acid groups is 1. The summed E-state index contributed by atoms with van der Waals surface area (Å²) in [5.41, 5.74) is 12.7. The van der Waals surface area contributed by atoms with Gasteiger partial charge in [0, 0.05) is 33.4 Å². The van der Waals surface area contributed by atoms with Crippen LogP contribution in [0.15, 0.2) is 72.8 Å². The lowest BCUT2D eigenvalue weighted by Gasteiger charge is -2.27. The molecule has 83 heavy (non-hydrogen) atoms. The molecule has 3 unspecified atom stereocenters. The van der Waals surface area contributed by atoms with Crippen molar-refractivity contribution in [2.45, 2.75) is 216 Å². The van der Waals surface area contributed by atoms with E-state index >= 15 is 4.57 Å². The van der Waals surface area contributed by atoms with Crippen LogP contribution in [0.5, 0.6) is 34.5 Å². The average molecular weight is 1140 g/mol. The largest absolute Gasteiger partial charge is 0.647 e. The van der Waals surface area contributed by atoms with E-state index in [1.165, 1.54) is 0 Å². The Labute approximate surface area is 494 Å². The van der Waals surface area contributed by atoms with Crippen molar-refractivity contribution in [1.29, 1.82) is 0 Å². The molecule has 0 aromatic heterocycles. The molecule has 0 bridgehead atoms. The van der Waals surface area contributed by atoms with Crippen LogP contribution in [0, 0.1) is 41.5 Å². The third-order valence-corrected chi connectivity index (χ3v) is 17.9. The lowest BCUT2D eigenvalue weighted by molar-refractivity contribution is -0.134. The van der Waals surface area contributed by atoms with E-state index in [9.17, 15) is 14.4 Å². The van der Waals surface area contributed by atoms with Gasteiger partial charge in [-0.3, -0.25) is 14.4 Å². The summed E-state index contributed by atoms with van der Waals surface area (Å²) >= 11 is 0. The molecule has 0 spiro atoms. The fourth-order valence-corrected chi connectivity index (χ4v) is 13.6. The minimum atomic E-state index is -4.79. The van der Waals surface area contributed by atoms with Crippen LogP contribution >= 0.6 is 7.82 Å². The Bertz CT molecular complexity index is 3300. The van der Waals surface area contributed by atoms with Gasteiger partial charge in [-0.1, -0.05) is 197 Å². The molecule has 9 rings (SSSR count). The molecule has 0 aliphatic carbocycles. The first-order chi connectivity index (χ1) is 38.0. The number of rotatable bonds is 9. The van der Waals surface area contributed by atoms with Gasteiger partial charge in [0.25, 0.3) is 0 Å². The van der Waals surface area contributed by atoms with Gasteiger partial charge in [0.05, 0.1) is 0 Å². The second-order valence-electron chi connectivity index (χ2n) is 30.1. The summed E-state index contributed by atoms with van der Waals surface area (Å²) in [7, 11) is -4.79. The molecule has 0 saturated heterocycles. The molecule has 0 saturated carbocycles. The van der Waals surface area contributed by atoms with Gasteiger partial charge in [0.1, 0.15) is 52.3 Å². The molecular formula is C72H87O10P. The second-order valence-corrected chi connectivity index (χ2v) is 31.5. The molecule has 10 nitrogen and oxygen atoms in total. The van der Waals surface area contributed by atoms with Crippen molar-refractivity contribution < 1.29 is 46.7 Å². The quantitative estimate of drug-likeness (QED) is 0.0785. The number of phosphoric ester groups is 1. The Kier molecular flexibility index (Phi) is 14.9. The molecule has 6 aromatic carbocycles. The van der Waals surface area contributed by atoms with Gasteiger partial charge in [-0.25, -0.2) is 0 Å². The summed E-state index contributed by atoms with van der Waals surface area (Å²) in [6.45, 7) is 49.7. The normalized spacial score (nSPS) is 18.0. The van der Waals surface area contributed by atoms with E-state index in [0.29, 0.717) is 67.3 Å². The van der Waals surface area contributed by atoms with Crippen LogP contribution in [0.1, 0.15) is 243 Å². The Morgan fingerprint density at radius 3 is 0.711 bits per heavy atom. The van der Waals surface area contributed by atoms with E-state index in [0.717, 1.165) is 50.1 Å². The van der Waals surface area contributed by atoms with E-state index in [1.807, 2.05) is 77.9 Å². The molecule has 0 fully saturated rings. The van der Waals surface area contributed by atoms with Gasteiger partial charge in [-0.05, 0) is 141 Å². The van der Waals surface area contributed by atoms with Crippen molar-refractivity contribution in [1.82, 2.24) is 0 Å². The number of fused-ring (bicyclic) bond motifs is 3. The Morgan fingerprint density at radius 1 is 0.325 bits per heavy atom. The van der Waals surface area contributed by atoms with Gasteiger partial charge in [0.15, 0.2) is 0 Å². The van der Waals surface area contributed by atoms with Crippen LogP contribution in [-0.2, 0) is 51.4 Å². The number of carbonyl (C=O) groups is 3. The van der Waals surface area contributed by atoms with Gasteiger partial charge in [0.2, 0.25) is 0 Å². The van der Waals surface area contributed by atoms with Crippen molar-refractivity contribution in [3.8, 4) is 34.5 Å². The number of esters is 3. The van der Waals surface area contributed by atoms with Crippen LogP contribution in [0.25, 0.3) is 0 Å². The molecule has 0 N–H and O–H groups in total. The van der Waals surface area contributed by atoms with E-state index in [1.54, 1.807) is 0 Å². The predicted octanol–water partition coefficient (Wildman–Crippen LogP) is 18.1. The molecule has 3 aliphatic rings. The molecular weight excluding hydrogens is 1060 g/mol. The number of carbonyl (C=O) groups excluding carboxylic acids is 3. The molecule has 3 aliphatic heterocycles. The fraction of sp³-hybridized carbons (Fsp3) is 0.458. The summed E-state index contributed by atoms with van der Waals surface area (Å²) in [6, 6.07) is 24.1. The predicted molar refractivity (Wildman–Crippen MR) is 331 cm³/mol. The summed E-state index contributed by atoms with van der Waals surface area (Å²) in [5, 5.41) is 0. The molecule has 3 heterocycles. The van der Waals surface area contributed by atoms with Crippen LogP contribution in [0.2, 0.25) is 0 Å². The van der Waals surface area contributed by atoms with Crippen molar-refractivity contribution >= 4 is 25.7 Å². The smallest absolute Gasteiger partial charge is 0.425 e. The topological polar surface area (TPSA) is 124 Å². The van der Waals surface area contributed by atoms with Crippen molar-refractivity contribution in [3.05, 3.63) is 173 Å². The fourth-order valence-electron chi connectivity index (χ4n) is 12.0. The number of aryl methyl sites for hydroxylation is 6. The Balaban J connectivity index is 1.15. The SMILES string of the molecule is Cc1cc(C2C(=O)Oc3c2cc(C(C)(C)C)cc3C(C)(C)C)cc(C)c1OP(=O)(Oc1c(C)cc(C2C(=O)Oc3c2cc(C(C)(C)C)cc3C(C)(C)C)cc1C)Oc1c(C)cc(C2C(=O)Oc3c2cc(C(C)(C)C)cc3C(C)(C)C)cc1C. The third kappa shape index (κ3) is 11.4. The zero-order valence-electron chi connectivity index (χ0n) is 53.7. The van der Waals surface area contributed by atoms with Crippen molar-refractivity contribution in [2.75, 3.05) is 0 Å². The highest BCUT2D eigenvalue weighted by Gasteiger charge is 2.45. The lowest BCUT2D eigenvalue weighted by Crippen LogP contribution is -2.17. The van der Waals surface area contributed by atoms with Gasteiger partial charge < -0.3 is 27.8 Å². The maximum Gasteiger partial charge on any atom is 0.647 e. The van der Waals surface area contributed by atoms with Crippen LogP contribution in [0.3, 0.4) is 0 Å². The number of benzene rings is 6. The zero-order valence-corrected chi connectivity index (χ0v) is 54.6. The maximum absolute atomic E-state index is 16.2. The molecule has 0 radical (unpaired) electrons. The highest BCUT2D eigenvalue weighted by atomic mass is 31.2. The second kappa shape index (κ2) is 20.3. The van der Waals surface area contributed by atoms with Crippen molar-refractivity contribution in [3.63, 3.8) is 0 Å². The Hall–Kier alpha value is -6.64. The standard InChI is InChI=1S/C72H87O10P/c1-37-25-43(55-49-31-46(67(7,8)9)34-52(70(16,17)18)61(49)77-64(55)73)26-38(2)58(37)80-83(76,81-59-39(3)27-44(28-40(59)4)56-50-32-47(68(10,11)12)35-53(71(19,20)21)62(50)78-65(56)74)82-60-41(5)29-45(30-42(60)6)57-51-33-48(69(13,14)15)36-54(72(22,23)24)63(51)79-66(57)75/h25-36,55-57H,1-24H3. The van der Waals surface area contributed by atoms with Crippen LogP contribution in [0.4, 0.5) is 0 Å². The number of ether oxygens (including phenoxy) is 3. The average Bonchev–Trinajstić information content (AvgIpc) is 3.25. The summed E-state index contributed by atoms with van der Waals surface area (Å²) in [4.78, 5) is 42.4. The number of hydrogen-bond donors (Lipinski definition) is 0. The first-order valence-electron chi connectivity index (χ1n) is 29.2. The summed E-state index contributed by atoms with van der Waals surface area (Å²) < 4.78 is 54.9. The maximum atomic E-state index is 16.2. The van der Waals surface area contributed by atoms with Crippen molar-refractivity contribution in [2.24, 2.45) is 0 Å². The van der Waals surface area contributed by atoms with Crippen LogP contribution < -0.4 is 27.8 Å². The minimum Gasteiger partial charge on any atom is -0.425 e. The minimum absolute atomic E-state index is 0.204. The first kappa shape index (κ1) is 60.9. The third-order valence-electron chi connectivity index (χ3n) is 16.7. The first-order valence-corrected chi connectivity index (χ1v) is 30.7. The van der Waals surface area contributed by atoms with E-state index in [2.05, 4.69) is 161 Å². The Morgan fingerprint density at radius 2 is 0.530 bits per heavy atom. The highest BCUT2D eigenvalue weighted by molar-refractivity contribution is 7.49. The monoisotopic (exact) mass is 1140 g/mol. The van der Waals surface area contributed by atoms with E-state index in [4.69, 9.17) is 27.8 Å². The van der Waals surface area contributed by atoms with Gasteiger partial charge in [-0.15, -0.1) is 0 Å². The number of hydrogen-bond acceptors (Lipinski definition) is 10. The molecule has 11 heteroatoms. The molecule has 440 valence electrons. The molecule has 3 atom stereocenters. The summed E-state index contributed by atoms with van der Waals surface area (Å²) in [5.74, 6) is -0.748.